The van der Waals surface area contributed by atoms with E-state index in [1.54, 1.807) is 0 Å². The van der Waals surface area contributed by atoms with Crippen LogP contribution in [0.25, 0.3) is 0 Å². The van der Waals surface area contributed by atoms with Crippen LogP contribution in [0.3, 0.4) is 0 Å². The van der Waals surface area contributed by atoms with Crippen LogP contribution in [0.2, 0.25) is 0 Å². The molecule has 0 aliphatic heterocycles. The van der Waals surface area contributed by atoms with Crippen molar-refractivity contribution in [2.24, 2.45) is 5.41 Å². The molecule has 0 bridgehead atoms. The monoisotopic (exact) mass is 304 g/mol. The molecule has 0 rings (SSSR count). The molecule has 3 heteroatoms. The molecule has 0 aliphatic carbocycles. The molecule has 0 spiro atoms. The summed E-state index contributed by atoms with van der Waals surface area (Å²) in [6.45, 7) is 19.0. The van der Waals surface area contributed by atoms with E-state index in [0.29, 0.717) is 8.58 Å². The average molecular weight is 304 g/mol. The second-order valence-electron chi connectivity index (χ2n) is 6.27. The summed E-state index contributed by atoms with van der Waals surface area (Å²) >= 11 is 0. The minimum Gasteiger partial charge on any atom is -0.459 e. The van der Waals surface area contributed by atoms with Crippen LogP contribution in [-0.2, 0) is 9.53 Å². The molecule has 0 radical (unpaired) electrons. The number of ether oxygens (including phenoxy) is 1. The highest BCUT2D eigenvalue weighted by Crippen LogP contribution is 2.33. The summed E-state index contributed by atoms with van der Waals surface area (Å²) in [4.78, 5) is 12.3. The molecule has 0 aromatic heterocycles. The normalized spacial score (nSPS) is 13.8. The molecule has 2 nitrogen and oxygen atoms in total. The minimum absolute atomic E-state index is 0.0105. The predicted octanol–water partition coefficient (Wildman–Crippen LogP) is 5.64. The second kappa shape index (κ2) is 10.6. The Balaban J connectivity index is 0. The summed E-state index contributed by atoms with van der Waals surface area (Å²) < 4.78 is 5.85. The highest BCUT2D eigenvalue weighted by molar-refractivity contribution is 7.39. The molecular weight excluding hydrogens is 267 g/mol. The molecule has 0 aliphatic rings. The average Bonchev–Trinajstić information content (AvgIpc) is 2.43. The molecule has 0 amide bonds. The first-order chi connectivity index (χ1) is 9.23. The fourth-order valence-corrected chi connectivity index (χ4v) is 3.28. The van der Waals surface area contributed by atoms with Gasteiger partial charge in [0.15, 0.2) is 0 Å². The van der Waals surface area contributed by atoms with E-state index >= 15 is 0 Å². The van der Waals surface area contributed by atoms with Gasteiger partial charge in [0.05, 0.1) is 5.66 Å². The third-order valence-corrected chi connectivity index (χ3v) is 4.84. The zero-order valence-electron chi connectivity index (χ0n) is 15.2. The Morgan fingerprint density at radius 1 is 1.05 bits per heavy atom. The van der Waals surface area contributed by atoms with Crippen molar-refractivity contribution in [2.45, 2.75) is 92.3 Å². The third kappa shape index (κ3) is 8.25. The van der Waals surface area contributed by atoms with E-state index in [0.717, 1.165) is 25.7 Å². The van der Waals surface area contributed by atoms with Gasteiger partial charge in [0.25, 0.3) is 0 Å². The lowest BCUT2D eigenvalue weighted by Crippen LogP contribution is -2.37. The van der Waals surface area contributed by atoms with Crippen LogP contribution in [0.4, 0.5) is 0 Å². The Bertz CT molecular complexity index is 244. The molecule has 0 saturated heterocycles. The van der Waals surface area contributed by atoms with Crippen LogP contribution >= 0.6 is 8.58 Å². The maximum absolute atomic E-state index is 12.3. The number of carbonyl (C=O) groups is 1. The summed E-state index contributed by atoms with van der Waals surface area (Å²) in [6, 6.07) is 0. The molecule has 20 heavy (non-hydrogen) atoms. The molecule has 2 atom stereocenters. The first-order valence-electron chi connectivity index (χ1n) is 8.13. The summed E-state index contributed by atoms with van der Waals surface area (Å²) in [6.07, 6.45) is 3.62. The quantitative estimate of drug-likeness (QED) is 0.449. The van der Waals surface area contributed by atoms with E-state index in [-0.39, 0.29) is 22.6 Å². The molecule has 0 aromatic carbocycles. The third-order valence-electron chi connectivity index (χ3n) is 3.70. The summed E-state index contributed by atoms with van der Waals surface area (Å²) in [7, 11) is 0.618. The lowest BCUT2D eigenvalue weighted by atomic mass is 9.90. The lowest BCUT2D eigenvalue weighted by molar-refractivity contribution is -0.161. The Morgan fingerprint density at radius 3 is 1.70 bits per heavy atom. The molecule has 0 saturated carbocycles. The molecular formula is C17H37O2P. The van der Waals surface area contributed by atoms with Crippen LogP contribution in [-0.4, -0.2) is 23.9 Å². The molecule has 0 heterocycles. The highest BCUT2D eigenvalue weighted by atomic mass is 31.1. The van der Waals surface area contributed by atoms with Crippen molar-refractivity contribution < 1.29 is 9.53 Å². The number of hydrogen-bond donors (Lipinski definition) is 0. The predicted molar refractivity (Wildman–Crippen MR) is 93.1 cm³/mol. The van der Waals surface area contributed by atoms with Crippen molar-refractivity contribution in [1.82, 2.24) is 0 Å². The van der Waals surface area contributed by atoms with Crippen LogP contribution in [0.5, 0.6) is 0 Å². The van der Waals surface area contributed by atoms with E-state index in [9.17, 15) is 4.79 Å². The second-order valence-corrected chi connectivity index (χ2v) is 7.55. The summed E-state index contributed by atoms with van der Waals surface area (Å²) in [5, 5.41) is 0. The fourth-order valence-electron chi connectivity index (χ4n) is 2.17. The van der Waals surface area contributed by atoms with Crippen molar-refractivity contribution in [1.29, 1.82) is 0 Å². The van der Waals surface area contributed by atoms with Crippen molar-refractivity contribution >= 4 is 14.6 Å². The summed E-state index contributed by atoms with van der Waals surface area (Å²) in [5.41, 5.74) is 0.00128. The number of esters is 1. The Labute approximate surface area is 129 Å². The maximum Gasteiger partial charge on any atom is 0.313 e. The topological polar surface area (TPSA) is 26.3 Å². The van der Waals surface area contributed by atoms with E-state index < -0.39 is 0 Å². The van der Waals surface area contributed by atoms with Gasteiger partial charge in [-0.1, -0.05) is 55.4 Å². The number of carbonyl (C=O) groups excluding carboxylic acids is 1. The first kappa shape index (κ1) is 22.2. The number of rotatable bonds is 7. The van der Waals surface area contributed by atoms with E-state index in [2.05, 4.69) is 48.2 Å². The van der Waals surface area contributed by atoms with Crippen molar-refractivity contribution in [3.05, 3.63) is 0 Å². The summed E-state index contributed by atoms with van der Waals surface area (Å²) in [5.74, 6) is 0.0105. The minimum atomic E-state index is -0.243. The van der Waals surface area contributed by atoms with Gasteiger partial charge in [-0.15, -0.1) is 8.58 Å². The smallest absolute Gasteiger partial charge is 0.313 e. The van der Waals surface area contributed by atoms with Gasteiger partial charge >= 0.3 is 5.97 Å². The van der Waals surface area contributed by atoms with E-state index in [1.165, 1.54) is 0 Å². The Morgan fingerprint density at radius 2 is 1.45 bits per heavy atom. The van der Waals surface area contributed by atoms with E-state index in [1.807, 2.05) is 13.8 Å². The molecule has 0 aromatic rings. The van der Waals surface area contributed by atoms with Crippen LogP contribution in [0, 0.1) is 5.41 Å². The first-order valence-corrected chi connectivity index (χ1v) is 9.71. The van der Waals surface area contributed by atoms with E-state index in [4.69, 9.17) is 4.74 Å². The lowest BCUT2D eigenvalue weighted by Gasteiger charge is -2.33. The van der Waals surface area contributed by atoms with Gasteiger partial charge in [0.1, 0.15) is 5.60 Å². The van der Waals surface area contributed by atoms with Crippen molar-refractivity contribution in [3.8, 4) is 0 Å². The number of hydrogen-bond acceptors (Lipinski definition) is 2. The van der Waals surface area contributed by atoms with Gasteiger partial charge in [-0.25, -0.2) is 0 Å². The van der Waals surface area contributed by atoms with Crippen LogP contribution in [0.1, 0.15) is 81.1 Å². The largest absolute Gasteiger partial charge is 0.459 e. The maximum atomic E-state index is 12.3. The Kier molecular flexibility index (Phi) is 11.8. The van der Waals surface area contributed by atoms with Gasteiger partial charge in [0.2, 0.25) is 0 Å². The van der Waals surface area contributed by atoms with Gasteiger partial charge in [-0.05, 0) is 37.8 Å². The molecule has 122 valence electrons. The van der Waals surface area contributed by atoms with Gasteiger partial charge in [0, 0.05) is 0 Å². The standard InChI is InChI=1S/C15H31O2P.C2H6/c1-8-15(9-2,10-3)17-13(16)12(18-7)11-14(4,5)6;1-2/h12,18H,8-11H2,1-7H3;1-2H3. The highest BCUT2D eigenvalue weighted by Gasteiger charge is 2.32. The molecule has 0 fully saturated rings. The van der Waals surface area contributed by atoms with Crippen LogP contribution in [0.15, 0.2) is 0 Å². The van der Waals surface area contributed by atoms with Crippen molar-refractivity contribution in [3.63, 3.8) is 0 Å². The zero-order valence-corrected chi connectivity index (χ0v) is 16.2. The zero-order chi connectivity index (χ0) is 16.4. The molecule has 0 N–H and O–H groups in total. The molecule has 2 unspecified atom stereocenters. The van der Waals surface area contributed by atoms with Gasteiger partial charge in [-0.2, -0.15) is 0 Å². The van der Waals surface area contributed by atoms with Gasteiger partial charge < -0.3 is 4.74 Å². The fraction of sp³-hybridized carbons (Fsp3) is 0.941. The Hall–Kier alpha value is -0.100. The van der Waals surface area contributed by atoms with Gasteiger partial charge in [-0.3, -0.25) is 4.79 Å². The van der Waals surface area contributed by atoms with Crippen LogP contribution < -0.4 is 0 Å². The van der Waals surface area contributed by atoms with Crippen molar-refractivity contribution in [2.75, 3.05) is 6.66 Å². The SMILES string of the molecule is CC.CCC(CC)(CC)OC(=O)C(CC(C)(C)C)PC.